The van der Waals surface area contributed by atoms with Crippen LogP contribution < -0.4 is 10.6 Å². The van der Waals surface area contributed by atoms with Crippen molar-refractivity contribution in [3.63, 3.8) is 0 Å². The molecule has 0 aromatic carbocycles. The topological polar surface area (TPSA) is 81.6 Å². The van der Waals surface area contributed by atoms with E-state index >= 15 is 0 Å². The number of nitrogens with zero attached hydrogens (tertiary/aromatic N) is 1. The molecule has 1 aliphatic heterocycles. The van der Waals surface area contributed by atoms with Gasteiger partial charge < -0.3 is 24.7 Å². The summed E-state index contributed by atoms with van der Waals surface area (Å²) >= 11 is 0. The first-order chi connectivity index (χ1) is 10.7. The van der Waals surface area contributed by atoms with Crippen molar-refractivity contribution >= 4 is 12.2 Å². The van der Waals surface area contributed by atoms with E-state index in [0.717, 1.165) is 30.5 Å². The van der Waals surface area contributed by atoms with Crippen molar-refractivity contribution in [3.8, 4) is 0 Å². The number of amides is 2. The van der Waals surface area contributed by atoms with Crippen LogP contribution in [0.15, 0.2) is 6.20 Å². The summed E-state index contributed by atoms with van der Waals surface area (Å²) in [7, 11) is 0. The lowest BCUT2D eigenvalue weighted by Gasteiger charge is -2.09. The normalized spacial score (nSPS) is 12.6. The van der Waals surface area contributed by atoms with Gasteiger partial charge in [-0.1, -0.05) is 0 Å². The predicted octanol–water partition coefficient (Wildman–Crippen LogP) is 1.93. The van der Waals surface area contributed by atoms with Crippen molar-refractivity contribution in [1.29, 1.82) is 0 Å². The molecule has 0 atom stereocenters. The number of hydrogen-bond acceptors (Lipinski definition) is 4. The average Bonchev–Trinajstić information content (AvgIpc) is 3.04. The van der Waals surface area contributed by atoms with Gasteiger partial charge in [-0.2, -0.15) is 0 Å². The van der Waals surface area contributed by atoms with Crippen LogP contribution in [0.2, 0.25) is 0 Å². The van der Waals surface area contributed by atoms with Gasteiger partial charge in [0.1, 0.15) is 13.2 Å². The molecule has 0 saturated heterocycles. The Labute approximate surface area is 130 Å². The summed E-state index contributed by atoms with van der Waals surface area (Å²) in [6, 6.07) is 0. The summed E-state index contributed by atoms with van der Waals surface area (Å²) in [6.45, 7) is 6.05. The summed E-state index contributed by atoms with van der Waals surface area (Å²) in [5.74, 6) is 0. The highest BCUT2D eigenvalue weighted by Gasteiger charge is 2.21. The molecule has 2 amide bonds. The van der Waals surface area contributed by atoms with Crippen LogP contribution in [-0.4, -0.2) is 29.8 Å². The number of nitrogens with one attached hydrogen (secondary N) is 2. The molecule has 0 spiro atoms. The van der Waals surface area contributed by atoms with Crippen molar-refractivity contribution in [2.75, 3.05) is 13.1 Å². The van der Waals surface area contributed by atoms with Crippen LogP contribution in [0, 0.1) is 0 Å². The molecule has 1 aliphatic rings. The Balaban J connectivity index is 2.02. The molecule has 1 aromatic rings. The van der Waals surface area contributed by atoms with Gasteiger partial charge in [-0.3, -0.25) is 0 Å². The average molecular weight is 309 g/mol. The molecule has 0 fully saturated rings. The van der Waals surface area contributed by atoms with Gasteiger partial charge in [0.2, 0.25) is 0 Å². The number of carbonyl (C=O) groups is 2. The van der Waals surface area contributed by atoms with Crippen LogP contribution in [0.3, 0.4) is 0 Å². The number of hydrogen-bond donors (Lipinski definition) is 2. The third-order valence-electron chi connectivity index (χ3n) is 3.56. The van der Waals surface area contributed by atoms with E-state index in [1.54, 1.807) is 0 Å². The molecule has 0 radical (unpaired) electrons. The van der Waals surface area contributed by atoms with Gasteiger partial charge in [-0.05, 0) is 26.7 Å². The minimum absolute atomic E-state index is 0.180. The molecule has 0 saturated carbocycles. The number of ether oxygens (including phenoxy) is 2. The van der Waals surface area contributed by atoms with E-state index in [9.17, 15) is 9.59 Å². The highest BCUT2D eigenvalue weighted by Crippen LogP contribution is 2.26. The molecule has 2 N–H and O–H groups in total. The van der Waals surface area contributed by atoms with Crippen molar-refractivity contribution in [1.82, 2.24) is 15.2 Å². The van der Waals surface area contributed by atoms with E-state index in [-0.39, 0.29) is 13.2 Å². The lowest BCUT2D eigenvalue weighted by Crippen LogP contribution is -2.24. The zero-order valence-corrected chi connectivity index (χ0v) is 13.1. The third kappa shape index (κ3) is 3.93. The van der Waals surface area contributed by atoms with Crippen LogP contribution in [0.4, 0.5) is 9.59 Å². The molecule has 122 valence electrons. The number of aryl methyl sites for hydroxylation is 1. The maximum atomic E-state index is 11.5. The van der Waals surface area contributed by atoms with Crippen LogP contribution in [0.1, 0.15) is 37.1 Å². The molecule has 2 rings (SSSR count). The van der Waals surface area contributed by atoms with Crippen molar-refractivity contribution in [2.45, 2.75) is 46.4 Å². The molecular formula is C15H23N3O4. The van der Waals surface area contributed by atoms with Crippen molar-refractivity contribution in [3.05, 3.63) is 23.0 Å². The fourth-order valence-electron chi connectivity index (χ4n) is 2.59. The Bertz CT molecular complexity index is 539. The van der Waals surface area contributed by atoms with Crippen LogP contribution >= 0.6 is 0 Å². The van der Waals surface area contributed by atoms with Crippen molar-refractivity contribution < 1.29 is 19.1 Å². The first-order valence-corrected chi connectivity index (χ1v) is 7.66. The quantitative estimate of drug-likeness (QED) is 0.841. The monoisotopic (exact) mass is 309 g/mol. The van der Waals surface area contributed by atoms with Gasteiger partial charge in [-0.15, -0.1) is 0 Å². The summed E-state index contributed by atoms with van der Waals surface area (Å²) in [5.41, 5.74) is 3.01. The highest BCUT2D eigenvalue weighted by molar-refractivity contribution is 5.67. The van der Waals surface area contributed by atoms with Gasteiger partial charge in [0.25, 0.3) is 0 Å². The molecule has 0 bridgehead atoms. The lowest BCUT2D eigenvalue weighted by molar-refractivity contribution is 0.132. The van der Waals surface area contributed by atoms with Gasteiger partial charge in [-0.25, -0.2) is 9.59 Å². The van der Waals surface area contributed by atoms with Crippen LogP contribution in [0.25, 0.3) is 0 Å². The van der Waals surface area contributed by atoms with Crippen molar-refractivity contribution in [2.24, 2.45) is 0 Å². The van der Waals surface area contributed by atoms with E-state index in [2.05, 4.69) is 15.2 Å². The second-order valence-electron chi connectivity index (χ2n) is 5.09. The zero-order chi connectivity index (χ0) is 15.9. The number of rotatable bonds is 6. The zero-order valence-electron chi connectivity index (χ0n) is 13.1. The largest absolute Gasteiger partial charge is 0.445 e. The van der Waals surface area contributed by atoms with E-state index in [1.807, 2.05) is 20.0 Å². The molecule has 7 nitrogen and oxygen atoms in total. The summed E-state index contributed by atoms with van der Waals surface area (Å²) in [4.78, 5) is 22.9. The van der Waals surface area contributed by atoms with Crippen LogP contribution in [-0.2, 0) is 35.7 Å². The minimum Gasteiger partial charge on any atom is -0.445 e. The van der Waals surface area contributed by atoms with Gasteiger partial charge in [0.05, 0.1) is 0 Å². The number of alkyl carbamates (subject to hydrolysis) is 2. The Morgan fingerprint density at radius 2 is 1.77 bits per heavy atom. The molecule has 0 unspecified atom stereocenters. The predicted molar refractivity (Wildman–Crippen MR) is 80.5 cm³/mol. The first kappa shape index (κ1) is 16.2. The third-order valence-corrected chi connectivity index (χ3v) is 3.56. The van der Waals surface area contributed by atoms with Gasteiger partial charge in [0.15, 0.2) is 0 Å². The minimum atomic E-state index is -0.440. The first-order valence-electron chi connectivity index (χ1n) is 7.66. The highest BCUT2D eigenvalue weighted by atomic mass is 16.6. The second kappa shape index (κ2) is 7.72. The lowest BCUT2D eigenvalue weighted by atomic mass is 10.1. The Morgan fingerprint density at radius 3 is 2.41 bits per heavy atom. The Kier molecular flexibility index (Phi) is 5.68. The molecular weight excluding hydrogens is 286 g/mol. The Morgan fingerprint density at radius 1 is 1.14 bits per heavy atom. The fraction of sp³-hybridized carbons (Fsp3) is 0.600. The summed E-state index contributed by atoms with van der Waals surface area (Å²) < 4.78 is 12.6. The molecule has 1 aromatic heterocycles. The second-order valence-corrected chi connectivity index (χ2v) is 5.09. The smallest absolute Gasteiger partial charge is 0.407 e. The summed E-state index contributed by atoms with van der Waals surface area (Å²) in [5, 5.41) is 5.19. The Hall–Kier alpha value is -2.18. The van der Waals surface area contributed by atoms with Crippen LogP contribution in [0.5, 0.6) is 0 Å². The maximum Gasteiger partial charge on any atom is 0.407 e. The molecule has 22 heavy (non-hydrogen) atoms. The molecule has 7 heteroatoms. The number of carbonyl (C=O) groups excluding carboxylic acids is 2. The number of aromatic nitrogens is 1. The SMILES string of the molecule is CCNC(=O)OCc1cn2c(c1COC(=O)NCC)CCC2. The van der Waals surface area contributed by atoms with E-state index in [1.165, 1.54) is 5.69 Å². The van der Waals surface area contributed by atoms with E-state index in [0.29, 0.717) is 13.1 Å². The van der Waals surface area contributed by atoms with E-state index in [4.69, 9.17) is 9.47 Å². The number of fused-ring (bicyclic) bond motifs is 1. The van der Waals surface area contributed by atoms with Gasteiger partial charge >= 0.3 is 12.2 Å². The van der Waals surface area contributed by atoms with Gasteiger partial charge in [0, 0.05) is 42.7 Å². The maximum absolute atomic E-state index is 11.5. The molecule has 0 aliphatic carbocycles. The van der Waals surface area contributed by atoms with E-state index < -0.39 is 12.2 Å². The summed E-state index contributed by atoms with van der Waals surface area (Å²) in [6.07, 6.45) is 3.15. The standard InChI is InChI=1S/C15H23N3O4/c1-3-16-14(19)21-9-11-8-18-7-5-6-13(18)12(11)10-22-15(20)17-4-2/h8H,3-7,9-10H2,1-2H3,(H,16,19)(H,17,20). The molecule has 2 heterocycles. The fourth-order valence-corrected chi connectivity index (χ4v) is 2.59.